The van der Waals surface area contributed by atoms with Gasteiger partial charge in [-0.05, 0) is 42.9 Å². The normalized spacial score (nSPS) is 19.8. The molecule has 1 aromatic carbocycles. The van der Waals surface area contributed by atoms with Gasteiger partial charge in [-0.1, -0.05) is 11.6 Å². The van der Waals surface area contributed by atoms with Crippen molar-refractivity contribution in [2.24, 2.45) is 5.92 Å². The Morgan fingerprint density at radius 1 is 1.24 bits per heavy atom. The number of amides is 1. The van der Waals surface area contributed by atoms with E-state index in [4.69, 9.17) is 23.8 Å². The minimum absolute atomic E-state index is 0.0541. The van der Waals surface area contributed by atoms with E-state index in [1.165, 1.54) is 0 Å². The van der Waals surface area contributed by atoms with E-state index in [-0.39, 0.29) is 22.5 Å². The fourth-order valence-electron chi connectivity index (χ4n) is 1.92. The molecule has 0 saturated carbocycles. The molecular formula is C12H14ClN3O3S2. The van der Waals surface area contributed by atoms with E-state index >= 15 is 0 Å². The summed E-state index contributed by atoms with van der Waals surface area (Å²) in [6, 6.07) is 6.88. The van der Waals surface area contributed by atoms with Gasteiger partial charge < -0.3 is 5.32 Å². The molecule has 0 aliphatic carbocycles. The molecule has 0 aromatic heterocycles. The number of sulfone groups is 1. The summed E-state index contributed by atoms with van der Waals surface area (Å²) >= 11 is 10.8. The van der Waals surface area contributed by atoms with Crippen molar-refractivity contribution in [3.05, 3.63) is 29.3 Å². The van der Waals surface area contributed by atoms with Gasteiger partial charge in [-0.3, -0.25) is 15.6 Å². The molecule has 3 N–H and O–H groups in total. The fourth-order valence-corrected chi connectivity index (χ4v) is 3.95. The Hall–Kier alpha value is -1.38. The van der Waals surface area contributed by atoms with Crippen molar-refractivity contribution in [2.45, 2.75) is 6.42 Å². The lowest BCUT2D eigenvalue weighted by Crippen LogP contribution is -2.46. The second-order valence-corrected chi connectivity index (χ2v) is 7.75. The second-order valence-electron chi connectivity index (χ2n) is 4.68. The third kappa shape index (κ3) is 4.83. The Bertz CT molecular complexity index is 646. The molecule has 1 heterocycles. The summed E-state index contributed by atoms with van der Waals surface area (Å²) in [6.07, 6.45) is 0.340. The van der Waals surface area contributed by atoms with E-state index in [1.807, 2.05) is 0 Å². The van der Waals surface area contributed by atoms with Crippen LogP contribution in [0.3, 0.4) is 0 Å². The average Bonchev–Trinajstić information content (AvgIpc) is 2.79. The van der Waals surface area contributed by atoms with Crippen LogP contribution in [0.2, 0.25) is 5.02 Å². The number of hydrogen-bond donors (Lipinski definition) is 3. The standard InChI is InChI=1S/C12H14ClN3O3S2/c13-9-1-3-10(4-2-9)14-12(20)16-15-11(17)8-5-6-21(18,19)7-8/h1-4,8H,5-7H2,(H,15,17)(H2,14,16,20)/t8-/m0/s1. The Morgan fingerprint density at radius 3 is 2.48 bits per heavy atom. The number of hydrogen-bond acceptors (Lipinski definition) is 4. The molecule has 9 heteroatoms. The number of carbonyl (C=O) groups is 1. The van der Waals surface area contributed by atoms with E-state index in [0.717, 1.165) is 5.69 Å². The van der Waals surface area contributed by atoms with Crippen LogP contribution in [0.1, 0.15) is 6.42 Å². The third-order valence-corrected chi connectivity index (χ3v) is 5.23. The second kappa shape index (κ2) is 6.59. The third-order valence-electron chi connectivity index (χ3n) is 3.00. The summed E-state index contributed by atoms with van der Waals surface area (Å²) in [5, 5.41) is 3.67. The van der Waals surface area contributed by atoms with Crippen LogP contribution in [0.15, 0.2) is 24.3 Å². The van der Waals surface area contributed by atoms with Gasteiger partial charge in [0.25, 0.3) is 0 Å². The molecule has 21 heavy (non-hydrogen) atoms. The van der Waals surface area contributed by atoms with E-state index in [9.17, 15) is 13.2 Å². The van der Waals surface area contributed by atoms with Gasteiger partial charge in [0, 0.05) is 10.7 Å². The van der Waals surface area contributed by atoms with Gasteiger partial charge in [0.15, 0.2) is 14.9 Å². The van der Waals surface area contributed by atoms with Crippen LogP contribution in [0, 0.1) is 5.92 Å². The topological polar surface area (TPSA) is 87.3 Å². The fraction of sp³-hybridized carbons (Fsp3) is 0.333. The molecule has 1 fully saturated rings. The van der Waals surface area contributed by atoms with Gasteiger partial charge in [-0.25, -0.2) is 8.42 Å². The van der Waals surface area contributed by atoms with Gasteiger partial charge >= 0.3 is 0 Å². The Labute approximate surface area is 133 Å². The zero-order chi connectivity index (χ0) is 15.5. The van der Waals surface area contributed by atoms with E-state index in [1.54, 1.807) is 24.3 Å². The van der Waals surface area contributed by atoms with Crippen molar-refractivity contribution in [3.8, 4) is 0 Å². The maximum Gasteiger partial charge on any atom is 0.242 e. The highest BCUT2D eigenvalue weighted by Gasteiger charge is 2.32. The molecule has 1 aromatic rings. The van der Waals surface area contributed by atoms with Crippen molar-refractivity contribution < 1.29 is 13.2 Å². The molecule has 1 atom stereocenters. The largest absolute Gasteiger partial charge is 0.331 e. The van der Waals surface area contributed by atoms with Crippen LogP contribution < -0.4 is 16.2 Å². The first-order valence-electron chi connectivity index (χ1n) is 6.18. The number of halogens is 1. The molecule has 6 nitrogen and oxygen atoms in total. The summed E-state index contributed by atoms with van der Waals surface area (Å²) in [7, 11) is -3.08. The first-order chi connectivity index (χ1) is 9.85. The quantitative estimate of drug-likeness (QED) is 0.548. The van der Waals surface area contributed by atoms with Crippen molar-refractivity contribution >= 4 is 50.4 Å². The highest BCUT2D eigenvalue weighted by molar-refractivity contribution is 7.91. The smallest absolute Gasteiger partial charge is 0.242 e. The SMILES string of the molecule is O=C(NNC(=S)Nc1ccc(Cl)cc1)[C@H]1CCS(=O)(=O)C1. The van der Waals surface area contributed by atoms with Crippen LogP contribution in [0.5, 0.6) is 0 Å². The molecular weight excluding hydrogens is 334 g/mol. The van der Waals surface area contributed by atoms with E-state index in [2.05, 4.69) is 16.2 Å². The van der Waals surface area contributed by atoms with Gasteiger partial charge in [0.2, 0.25) is 5.91 Å². The lowest BCUT2D eigenvalue weighted by atomic mass is 10.1. The lowest BCUT2D eigenvalue weighted by molar-refractivity contribution is -0.124. The highest BCUT2D eigenvalue weighted by Crippen LogP contribution is 2.18. The Kier molecular flexibility index (Phi) is 5.02. The average molecular weight is 348 g/mol. The van der Waals surface area contributed by atoms with Crippen LogP contribution in [0.25, 0.3) is 0 Å². The number of benzene rings is 1. The maximum atomic E-state index is 11.8. The molecule has 1 saturated heterocycles. The van der Waals surface area contributed by atoms with Crippen molar-refractivity contribution in [3.63, 3.8) is 0 Å². The summed E-state index contributed by atoms with van der Waals surface area (Å²) in [5.74, 6) is -0.964. The minimum Gasteiger partial charge on any atom is -0.331 e. The number of rotatable bonds is 2. The molecule has 0 bridgehead atoms. The Morgan fingerprint density at radius 2 is 1.90 bits per heavy atom. The van der Waals surface area contributed by atoms with Crippen molar-refractivity contribution in [2.75, 3.05) is 16.8 Å². The summed E-state index contributed by atoms with van der Waals surface area (Å²) < 4.78 is 22.6. The number of nitrogens with one attached hydrogen (secondary N) is 3. The predicted octanol–water partition coefficient (Wildman–Crippen LogP) is 1.09. The molecule has 0 unspecified atom stereocenters. The zero-order valence-electron chi connectivity index (χ0n) is 10.9. The predicted molar refractivity (Wildman–Crippen MR) is 85.7 cm³/mol. The molecule has 2 rings (SSSR count). The van der Waals surface area contributed by atoms with Crippen LogP contribution in [0.4, 0.5) is 5.69 Å². The molecule has 1 aliphatic heterocycles. The maximum absolute atomic E-state index is 11.8. The number of hydrazine groups is 1. The molecule has 0 spiro atoms. The van der Waals surface area contributed by atoms with Crippen LogP contribution >= 0.6 is 23.8 Å². The number of anilines is 1. The molecule has 1 amide bonds. The van der Waals surface area contributed by atoms with Crippen molar-refractivity contribution in [1.29, 1.82) is 0 Å². The molecule has 114 valence electrons. The summed E-state index contributed by atoms with van der Waals surface area (Å²) in [4.78, 5) is 11.8. The number of thiocarbonyl (C=S) groups is 1. The first kappa shape index (κ1) is 16.0. The van der Waals surface area contributed by atoms with Crippen molar-refractivity contribution in [1.82, 2.24) is 10.9 Å². The summed E-state index contributed by atoms with van der Waals surface area (Å²) in [5.41, 5.74) is 5.67. The summed E-state index contributed by atoms with van der Waals surface area (Å²) in [6.45, 7) is 0. The minimum atomic E-state index is -3.08. The van der Waals surface area contributed by atoms with Gasteiger partial charge in [-0.2, -0.15) is 0 Å². The highest BCUT2D eigenvalue weighted by atomic mass is 35.5. The lowest BCUT2D eigenvalue weighted by Gasteiger charge is -2.13. The first-order valence-corrected chi connectivity index (χ1v) is 8.79. The monoisotopic (exact) mass is 347 g/mol. The zero-order valence-corrected chi connectivity index (χ0v) is 13.3. The Balaban J connectivity index is 1.79. The molecule has 1 aliphatic rings. The van der Waals surface area contributed by atoms with Crippen LogP contribution in [-0.4, -0.2) is 30.9 Å². The van der Waals surface area contributed by atoms with E-state index < -0.39 is 15.8 Å². The number of carbonyl (C=O) groups excluding carboxylic acids is 1. The van der Waals surface area contributed by atoms with Gasteiger partial charge in [0.05, 0.1) is 17.4 Å². The van der Waals surface area contributed by atoms with E-state index in [0.29, 0.717) is 11.4 Å². The van der Waals surface area contributed by atoms with Gasteiger partial charge in [0.1, 0.15) is 0 Å². The van der Waals surface area contributed by atoms with Gasteiger partial charge in [-0.15, -0.1) is 0 Å². The van der Waals surface area contributed by atoms with Crippen LogP contribution in [-0.2, 0) is 14.6 Å². The molecule has 0 radical (unpaired) electrons.